The van der Waals surface area contributed by atoms with Crippen molar-refractivity contribution in [2.75, 3.05) is 17.9 Å². The topological polar surface area (TPSA) is 101 Å². The van der Waals surface area contributed by atoms with Crippen LogP contribution in [0.4, 0.5) is 5.82 Å². The van der Waals surface area contributed by atoms with Crippen molar-refractivity contribution in [1.29, 1.82) is 0 Å². The van der Waals surface area contributed by atoms with Gasteiger partial charge in [0.15, 0.2) is 11.0 Å². The molecule has 1 aromatic rings. The molecule has 2 rings (SSSR count). The number of nitrogens with one attached hydrogen (secondary N) is 1. The van der Waals surface area contributed by atoms with Gasteiger partial charge in [-0.05, 0) is 31.9 Å². The first-order valence-electron chi connectivity index (χ1n) is 6.39. The first-order valence-corrected chi connectivity index (χ1v) is 8.21. The molecule has 0 aliphatic carbocycles. The predicted octanol–water partition coefficient (Wildman–Crippen LogP) is 0.814. The van der Waals surface area contributed by atoms with E-state index in [-0.39, 0.29) is 24.1 Å². The Labute approximate surface area is 127 Å². The van der Waals surface area contributed by atoms with Crippen molar-refractivity contribution in [2.24, 2.45) is 0 Å². The minimum Gasteiger partial charge on any atom is -0.465 e. The summed E-state index contributed by atoms with van der Waals surface area (Å²) in [6, 6.07) is 2.00. The van der Waals surface area contributed by atoms with Crippen LogP contribution in [0, 0.1) is 0 Å². The normalized spacial score (nSPS) is 19.4. The van der Waals surface area contributed by atoms with E-state index in [4.69, 9.17) is 16.3 Å². The number of carbonyl (C=O) groups is 1. The van der Waals surface area contributed by atoms with E-state index in [0.29, 0.717) is 12.8 Å². The van der Waals surface area contributed by atoms with E-state index in [1.807, 2.05) is 0 Å². The number of esters is 1. The number of anilines is 1. The zero-order valence-electron chi connectivity index (χ0n) is 11.3. The van der Waals surface area contributed by atoms with E-state index in [1.54, 1.807) is 6.92 Å². The van der Waals surface area contributed by atoms with Crippen LogP contribution in [-0.4, -0.2) is 48.1 Å². The fourth-order valence-corrected chi connectivity index (χ4v) is 3.55. The third-order valence-corrected chi connectivity index (χ3v) is 4.66. The molecule has 1 fully saturated rings. The second-order valence-corrected chi connectivity index (χ2v) is 6.38. The summed E-state index contributed by atoms with van der Waals surface area (Å²) in [6.45, 7) is 2.13. The van der Waals surface area contributed by atoms with E-state index in [0.717, 1.165) is 4.31 Å². The largest absolute Gasteiger partial charge is 0.465 e. The van der Waals surface area contributed by atoms with Crippen LogP contribution >= 0.6 is 11.6 Å². The molecule has 1 unspecified atom stereocenters. The van der Waals surface area contributed by atoms with Crippen molar-refractivity contribution in [3.05, 3.63) is 17.3 Å². The summed E-state index contributed by atoms with van der Waals surface area (Å²) in [5.74, 6) is -0.503. The summed E-state index contributed by atoms with van der Waals surface area (Å²) < 4.78 is 32.9. The molecule has 8 nitrogen and oxygen atoms in total. The van der Waals surface area contributed by atoms with Crippen LogP contribution in [0.5, 0.6) is 0 Å². The van der Waals surface area contributed by atoms with Crippen LogP contribution in [-0.2, 0) is 19.7 Å². The highest BCUT2D eigenvalue weighted by Gasteiger charge is 2.39. The van der Waals surface area contributed by atoms with Crippen LogP contribution in [0.3, 0.4) is 0 Å². The van der Waals surface area contributed by atoms with Crippen LogP contribution in [0.15, 0.2) is 12.1 Å². The lowest BCUT2D eigenvalue weighted by atomic mass is 10.2. The van der Waals surface area contributed by atoms with Gasteiger partial charge in [0, 0.05) is 6.54 Å². The Morgan fingerprint density at radius 2 is 2.29 bits per heavy atom. The van der Waals surface area contributed by atoms with Crippen molar-refractivity contribution in [3.63, 3.8) is 0 Å². The highest BCUT2D eigenvalue weighted by molar-refractivity contribution is 7.90. The highest BCUT2D eigenvalue weighted by atomic mass is 35.5. The fourth-order valence-electron chi connectivity index (χ4n) is 2.06. The Kier molecular flexibility index (Phi) is 4.96. The minimum atomic E-state index is -3.90. The molecular weight excluding hydrogens is 320 g/mol. The van der Waals surface area contributed by atoms with Gasteiger partial charge in [-0.1, -0.05) is 11.6 Å². The molecule has 1 aromatic heterocycles. The molecular formula is C11H15ClN4O4S. The van der Waals surface area contributed by atoms with Gasteiger partial charge in [-0.2, -0.15) is 12.7 Å². The van der Waals surface area contributed by atoms with Gasteiger partial charge in [0.25, 0.3) is 0 Å². The average Bonchev–Trinajstić information content (AvgIpc) is 2.92. The Hall–Kier alpha value is -1.45. The van der Waals surface area contributed by atoms with E-state index < -0.39 is 22.2 Å². The lowest BCUT2D eigenvalue weighted by Gasteiger charge is -2.22. The molecule has 1 atom stereocenters. The van der Waals surface area contributed by atoms with Crippen molar-refractivity contribution in [3.8, 4) is 0 Å². The third-order valence-electron chi connectivity index (χ3n) is 2.94. The number of carbonyl (C=O) groups excluding carboxylic acids is 1. The summed E-state index contributed by atoms with van der Waals surface area (Å²) in [5.41, 5.74) is 0. The second-order valence-electron chi connectivity index (χ2n) is 4.37. The highest BCUT2D eigenvalue weighted by Crippen LogP contribution is 2.23. The molecule has 116 valence electrons. The second kappa shape index (κ2) is 6.54. The molecule has 1 N–H and O–H groups in total. The van der Waals surface area contributed by atoms with Gasteiger partial charge in [0.1, 0.15) is 6.04 Å². The number of hydrogen-bond acceptors (Lipinski definition) is 6. The summed E-state index contributed by atoms with van der Waals surface area (Å²) in [7, 11) is -3.90. The zero-order valence-corrected chi connectivity index (χ0v) is 12.9. The van der Waals surface area contributed by atoms with E-state index in [1.165, 1.54) is 12.1 Å². The van der Waals surface area contributed by atoms with Crippen LogP contribution in [0.25, 0.3) is 0 Å². The number of ether oxygens (including phenoxy) is 1. The van der Waals surface area contributed by atoms with Gasteiger partial charge in [0.05, 0.1) is 6.61 Å². The average molecular weight is 335 g/mol. The van der Waals surface area contributed by atoms with Gasteiger partial charge in [-0.15, -0.1) is 10.2 Å². The molecule has 0 spiro atoms. The van der Waals surface area contributed by atoms with Gasteiger partial charge in [-0.25, -0.2) is 0 Å². The molecule has 0 amide bonds. The maximum Gasteiger partial charge on any atom is 0.324 e. The Balaban J connectivity index is 2.14. The molecule has 10 heteroatoms. The maximum atomic E-state index is 12.3. The summed E-state index contributed by atoms with van der Waals surface area (Å²) >= 11 is 5.59. The molecule has 0 radical (unpaired) electrons. The molecule has 1 aliphatic heterocycles. The quantitative estimate of drug-likeness (QED) is 0.800. The van der Waals surface area contributed by atoms with E-state index >= 15 is 0 Å². The first kappa shape index (κ1) is 15.9. The van der Waals surface area contributed by atoms with Crippen molar-refractivity contribution in [2.45, 2.75) is 25.8 Å². The first-order chi connectivity index (χ1) is 9.94. The van der Waals surface area contributed by atoms with Gasteiger partial charge >= 0.3 is 16.2 Å². The molecule has 0 aromatic carbocycles. The predicted molar refractivity (Wildman–Crippen MR) is 75.9 cm³/mol. The number of hydrogen-bond donors (Lipinski definition) is 1. The minimum absolute atomic E-state index is 0.0360. The van der Waals surface area contributed by atoms with Crippen LogP contribution in [0.1, 0.15) is 19.8 Å². The lowest BCUT2D eigenvalue weighted by Crippen LogP contribution is -2.44. The Morgan fingerprint density at radius 1 is 1.52 bits per heavy atom. The monoisotopic (exact) mass is 334 g/mol. The fraction of sp³-hybridized carbons (Fsp3) is 0.545. The van der Waals surface area contributed by atoms with Crippen LogP contribution < -0.4 is 4.72 Å². The van der Waals surface area contributed by atoms with E-state index in [2.05, 4.69) is 14.9 Å². The zero-order chi connectivity index (χ0) is 15.5. The Bertz CT molecular complexity index is 607. The maximum absolute atomic E-state index is 12.3. The third kappa shape index (κ3) is 3.80. The number of nitrogens with zero attached hydrogens (tertiary/aromatic N) is 3. The number of aromatic nitrogens is 2. The molecule has 2 heterocycles. The summed E-state index contributed by atoms with van der Waals surface area (Å²) in [6.07, 6.45) is 1.03. The van der Waals surface area contributed by atoms with Crippen molar-refractivity contribution < 1.29 is 17.9 Å². The Morgan fingerprint density at radius 3 is 2.90 bits per heavy atom. The van der Waals surface area contributed by atoms with Gasteiger partial charge in [-0.3, -0.25) is 9.52 Å². The van der Waals surface area contributed by atoms with Gasteiger partial charge in [0.2, 0.25) is 0 Å². The molecule has 0 saturated carbocycles. The summed E-state index contributed by atoms with van der Waals surface area (Å²) in [4.78, 5) is 11.8. The SMILES string of the molecule is CCOC(=O)C1CCCN1S(=O)(=O)Nc1ccc(Cl)nn1. The number of rotatable bonds is 5. The number of halogens is 1. The molecule has 1 saturated heterocycles. The molecule has 21 heavy (non-hydrogen) atoms. The van der Waals surface area contributed by atoms with Gasteiger partial charge < -0.3 is 4.74 Å². The van der Waals surface area contributed by atoms with Crippen molar-refractivity contribution in [1.82, 2.24) is 14.5 Å². The van der Waals surface area contributed by atoms with Crippen LogP contribution in [0.2, 0.25) is 5.15 Å². The smallest absolute Gasteiger partial charge is 0.324 e. The lowest BCUT2D eigenvalue weighted by molar-refractivity contribution is -0.146. The van der Waals surface area contributed by atoms with E-state index in [9.17, 15) is 13.2 Å². The van der Waals surface area contributed by atoms with Crippen molar-refractivity contribution >= 4 is 33.6 Å². The molecule has 0 bridgehead atoms. The standard InChI is InChI=1S/C11H15ClN4O4S/c1-2-20-11(17)8-4-3-7-16(8)21(18,19)15-10-6-5-9(12)13-14-10/h5-6,8H,2-4,7H2,1H3,(H,14,15). The molecule has 1 aliphatic rings. The summed E-state index contributed by atoms with van der Waals surface area (Å²) in [5, 5.41) is 7.33.